The average Bonchev–Trinajstić information content (AvgIpc) is 2.02. The first-order chi connectivity index (χ1) is 5.18. The maximum Gasteiger partial charge on any atom is 0.120 e. The van der Waals surface area contributed by atoms with Crippen LogP contribution >= 0.6 is 0 Å². The van der Waals surface area contributed by atoms with Crippen molar-refractivity contribution in [1.29, 1.82) is 0 Å². The first-order valence-electron chi connectivity index (χ1n) is 4.62. The van der Waals surface area contributed by atoms with Gasteiger partial charge in [-0.2, -0.15) is 0 Å². The van der Waals surface area contributed by atoms with E-state index in [-0.39, 0.29) is 0 Å². The van der Waals surface area contributed by atoms with Crippen molar-refractivity contribution in [1.82, 2.24) is 0 Å². The summed E-state index contributed by atoms with van der Waals surface area (Å²) in [4.78, 5) is 10.2. The van der Waals surface area contributed by atoms with Gasteiger partial charge in [0.25, 0.3) is 0 Å². The number of carbonyl (C=O) groups is 1. The van der Waals surface area contributed by atoms with Crippen LogP contribution in [-0.4, -0.2) is 6.29 Å². The van der Waals surface area contributed by atoms with Crippen LogP contribution in [0.25, 0.3) is 0 Å². The zero-order valence-electron chi connectivity index (χ0n) is 8.02. The van der Waals surface area contributed by atoms with Gasteiger partial charge in [-0.1, -0.05) is 33.6 Å². The van der Waals surface area contributed by atoms with Crippen molar-refractivity contribution in [3.8, 4) is 0 Å². The second-order valence-electron chi connectivity index (χ2n) is 3.62. The molecule has 0 N–H and O–H groups in total. The van der Waals surface area contributed by atoms with E-state index < -0.39 is 0 Å². The fraction of sp³-hybridized carbons (Fsp3) is 0.900. The lowest BCUT2D eigenvalue weighted by Gasteiger charge is -2.26. The van der Waals surface area contributed by atoms with E-state index in [0.717, 1.165) is 19.1 Å². The molecule has 0 aromatic carbocycles. The molecule has 0 bridgehead atoms. The Hall–Kier alpha value is -0.330. The first kappa shape index (κ1) is 10.7. The van der Waals surface area contributed by atoms with Crippen LogP contribution in [0.1, 0.15) is 52.9 Å². The molecule has 0 rings (SSSR count). The van der Waals surface area contributed by atoms with Gasteiger partial charge in [0.2, 0.25) is 0 Å². The summed E-state index contributed by atoms with van der Waals surface area (Å²) in [5, 5.41) is 0. The highest BCUT2D eigenvalue weighted by atomic mass is 16.1. The summed E-state index contributed by atoms with van der Waals surface area (Å²) in [5.41, 5.74) is 0.412. The average molecular weight is 156 g/mol. The van der Waals surface area contributed by atoms with Crippen molar-refractivity contribution in [3.05, 3.63) is 0 Å². The Labute approximate surface area is 70.2 Å². The Morgan fingerprint density at radius 3 is 2.27 bits per heavy atom. The van der Waals surface area contributed by atoms with Crippen LogP contribution in [0, 0.1) is 5.41 Å². The van der Waals surface area contributed by atoms with Gasteiger partial charge in [0, 0.05) is 6.42 Å². The van der Waals surface area contributed by atoms with Gasteiger partial charge in [-0.05, 0) is 18.3 Å². The molecule has 0 aromatic rings. The third kappa shape index (κ3) is 4.18. The zero-order valence-corrected chi connectivity index (χ0v) is 8.02. The molecular formula is C10H20O. The SMILES string of the molecule is CCCC(C)(CC)CCC=O. The molecule has 11 heavy (non-hydrogen) atoms. The Morgan fingerprint density at radius 1 is 1.27 bits per heavy atom. The van der Waals surface area contributed by atoms with E-state index in [4.69, 9.17) is 0 Å². The Morgan fingerprint density at radius 2 is 1.91 bits per heavy atom. The van der Waals surface area contributed by atoms with Crippen LogP contribution in [0.4, 0.5) is 0 Å². The summed E-state index contributed by atoms with van der Waals surface area (Å²) in [7, 11) is 0. The quantitative estimate of drug-likeness (QED) is 0.540. The molecule has 0 fully saturated rings. The number of hydrogen-bond donors (Lipinski definition) is 0. The van der Waals surface area contributed by atoms with Gasteiger partial charge in [0.1, 0.15) is 6.29 Å². The third-order valence-electron chi connectivity index (χ3n) is 2.57. The standard InChI is InChI=1S/C10H20O/c1-4-7-10(3,5-2)8-6-9-11/h9H,4-8H2,1-3H3. The second-order valence-corrected chi connectivity index (χ2v) is 3.62. The monoisotopic (exact) mass is 156 g/mol. The summed E-state index contributed by atoms with van der Waals surface area (Å²) in [5.74, 6) is 0. The maximum absolute atomic E-state index is 10.2. The molecule has 0 aromatic heterocycles. The fourth-order valence-corrected chi connectivity index (χ4v) is 1.49. The first-order valence-corrected chi connectivity index (χ1v) is 4.62. The molecule has 0 amide bonds. The number of carbonyl (C=O) groups excluding carboxylic acids is 1. The summed E-state index contributed by atoms with van der Waals surface area (Å²) in [6.45, 7) is 6.69. The van der Waals surface area contributed by atoms with Crippen LogP contribution in [0.5, 0.6) is 0 Å². The topological polar surface area (TPSA) is 17.1 Å². The molecule has 0 saturated heterocycles. The van der Waals surface area contributed by atoms with E-state index in [1.54, 1.807) is 0 Å². The highest BCUT2D eigenvalue weighted by Gasteiger charge is 2.19. The molecule has 1 atom stereocenters. The predicted molar refractivity (Wildman–Crippen MR) is 48.6 cm³/mol. The van der Waals surface area contributed by atoms with Gasteiger partial charge in [-0.25, -0.2) is 0 Å². The van der Waals surface area contributed by atoms with Gasteiger partial charge in [0.15, 0.2) is 0 Å². The smallest absolute Gasteiger partial charge is 0.120 e. The van der Waals surface area contributed by atoms with E-state index in [0.29, 0.717) is 5.41 Å². The number of hydrogen-bond acceptors (Lipinski definition) is 1. The molecule has 0 aliphatic rings. The van der Waals surface area contributed by atoms with Crippen molar-refractivity contribution < 1.29 is 4.79 Å². The lowest BCUT2D eigenvalue weighted by Crippen LogP contribution is -2.14. The molecule has 0 aliphatic carbocycles. The summed E-state index contributed by atoms with van der Waals surface area (Å²) in [6.07, 6.45) is 6.48. The van der Waals surface area contributed by atoms with Gasteiger partial charge in [-0.3, -0.25) is 0 Å². The normalized spacial score (nSPS) is 15.9. The van der Waals surface area contributed by atoms with E-state index in [1.165, 1.54) is 19.3 Å². The fourth-order valence-electron chi connectivity index (χ4n) is 1.49. The molecule has 1 heteroatoms. The molecule has 66 valence electrons. The van der Waals surface area contributed by atoms with Gasteiger partial charge >= 0.3 is 0 Å². The van der Waals surface area contributed by atoms with Crippen molar-refractivity contribution in [2.75, 3.05) is 0 Å². The Balaban J connectivity index is 3.76. The summed E-state index contributed by atoms with van der Waals surface area (Å²) < 4.78 is 0. The molecule has 0 saturated carbocycles. The Kier molecular flexibility index (Phi) is 5.18. The van der Waals surface area contributed by atoms with Crippen LogP contribution in [0.3, 0.4) is 0 Å². The largest absolute Gasteiger partial charge is 0.303 e. The van der Waals surface area contributed by atoms with E-state index in [2.05, 4.69) is 20.8 Å². The van der Waals surface area contributed by atoms with Crippen molar-refractivity contribution >= 4 is 6.29 Å². The minimum atomic E-state index is 0.412. The number of aldehydes is 1. The lowest BCUT2D eigenvalue weighted by atomic mass is 9.79. The van der Waals surface area contributed by atoms with E-state index in [1.807, 2.05) is 0 Å². The van der Waals surface area contributed by atoms with Crippen molar-refractivity contribution in [2.24, 2.45) is 5.41 Å². The van der Waals surface area contributed by atoms with Crippen LogP contribution < -0.4 is 0 Å². The van der Waals surface area contributed by atoms with Gasteiger partial charge in [0.05, 0.1) is 0 Å². The highest BCUT2D eigenvalue weighted by Crippen LogP contribution is 2.31. The molecule has 0 heterocycles. The lowest BCUT2D eigenvalue weighted by molar-refractivity contribution is -0.108. The molecule has 0 aliphatic heterocycles. The van der Waals surface area contributed by atoms with Gasteiger partial charge < -0.3 is 4.79 Å². The summed E-state index contributed by atoms with van der Waals surface area (Å²) in [6, 6.07) is 0. The summed E-state index contributed by atoms with van der Waals surface area (Å²) >= 11 is 0. The maximum atomic E-state index is 10.2. The van der Waals surface area contributed by atoms with Crippen LogP contribution in [0.15, 0.2) is 0 Å². The Bertz CT molecular complexity index is 109. The molecule has 0 radical (unpaired) electrons. The van der Waals surface area contributed by atoms with Crippen molar-refractivity contribution in [3.63, 3.8) is 0 Å². The highest BCUT2D eigenvalue weighted by molar-refractivity contribution is 5.49. The predicted octanol–water partition coefficient (Wildman–Crippen LogP) is 3.18. The minimum absolute atomic E-state index is 0.412. The molecule has 1 nitrogen and oxygen atoms in total. The second kappa shape index (κ2) is 5.34. The minimum Gasteiger partial charge on any atom is -0.303 e. The van der Waals surface area contributed by atoms with Gasteiger partial charge in [-0.15, -0.1) is 0 Å². The molecule has 1 unspecified atom stereocenters. The molecule has 0 spiro atoms. The van der Waals surface area contributed by atoms with Crippen molar-refractivity contribution in [2.45, 2.75) is 52.9 Å². The van der Waals surface area contributed by atoms with E-state index >= 15 is 0 Å². The van der Waals surface area contributed by atoms with Crippen LogP contribution in [0.2, 0.25) is 0 Å². The van der Waals surface area contributed by atoms with Crippen LogP contribution in [-0.2, 0) is 4.79 Å². The van der Waals surface area contributed by atoms with E-state index in [9.17, 15) is 4.79 Å². The zero-order chi connectivity index (χ0) is 8.74. The molecular weight excluding hydrogens is 136 g/mol. The number of rotatable bonds is 6. The third-order valence-corrected chi connectivity index (χ3v) is 2.57.